The molecule has 0 unspecified atom stereocenters. The van der Waals surface area contributed by atoms with Crippen molar-refractivity contribution in [2.45, 2.75) is 25.9 Å². The topological polar surface area (TPSA) is 63.6 Å². The highest BCUT2D eigenvalue weighted by molar-refractivity contribution is 5.37. The first kappa shape index (κ1) is 16.1. The van der Waals surface area contributed by atoms with Crippen LogP contribution in [0.1, 0.15) is 25.6 Å². The Kier molecular flexibility index (Phi) is 4.40. The van der Waals surface area contributed by atoms with Crippen LogP contribution in [0.15, 0.2) is 30.6 Å². The summed E-state index contributed by atoms with van der Waals surface area (Å²) in [5.41, 5.74) is 1.01. The zero-order valence-electron chi connectivity index (χ0n) is 14.6. The first-order chi connectivity index (χ1) is 12.2. The van der Waals surface area contributed by atoms with Gasteiger partial charge in [-0.1, -0.05) is 0 Å². The summed E-state index contributed by atoms with van der Waals surface area (Å²) >= 11 is 0. The molecule has 0 aromatic carbocycles. The number of fused-ring (bicyclic) bond motifs is 1. The molecule has 0 N–H and O–H groups in total. The van der Waals surface area contributed by atoms with Crippen molar-refractivity contribution in [1.82, 2.24) is 19.9 Å². The third-order valence-corrected chi connectivity index (χ3v) is 4.87. The van der Waals surface area contributed by atoms with Crippen LogP contribution in [0.2, 0.25) is 0 Å². The summed E-state index contributed by atoms with van der Waals surface area (Å²) in [5.74, 6) is 2.15. The van der Waals surface area contributed by atoms with Crippen LogP contribution in [-0.2, 0) is 0 Å². The second-order valence-corrected chi connectivity index (χ2v) is 6.49. The lowest BCUT2D eigenvalue weighted by Crippen LogP contribution is -2.53. The molecule has 0 bridgehead atoms. The molecule has 2 aliphatic rings. The number of nitrogens with zero attached hydrogens (tertiary/aromatic N) is 5. The van der Waals surface area contributed by atoms with Gasteiger partial charge in [0.1, 0.15) is 13.2 Å². The maximum absolute atomic E-state index is 5.62. The van der Waals surface area contributed by atoms with Crippen LogP contribution in [0.5, 0.6) is 11.6 Å². The Hall–Kier alpha value is -2.41. The molecule has 2 aliphatic heterocycles. The summed E-state index contributed by atoms with van der Waals surface area (Å²) in [6.07, 6.45) is 3.59. The van der Waals surface area contributed by atoms with Gasteiger partial charge < -0.3 is 14.4 Å². The molecular formula is C18H23N5O2. The highest BCUT2D eigenvalue weighted by Gasteiger charge is 2.30. The maximum atomic E-state index is 5.62. The molecular weight excluding hydrogens is 318 g/mol. The number of piperazine rings is 1. The van der Waals surface area contributed by atoms with E-state index in [1.54, 1.807) is 12.4 Å². The Morgan fingerprint density at radius 3 is 2.72 bits per heavy atom. The number of pyridine rings is 1. The third-order valence-electron chi connectivity index (χ3n) is 4.87. The van der Waals surface area contributed by atoms with Crippen molar-refractivity contribution in [3.8, 4) is 11.6 Å². The third kappa shape index (κ3) is 3.24. The molecule has 0 spiro atoms. The van der Waals surface area contributed by atoms with Gasteiger partial charge in [-0.3, -0.25) is 4.90 Å². The zero-order chi connectivity index (χ0) is 17.2. The Balaban J connectivity index is 1.47. The summed E-state index contributed by atoms with van der Waals surface area (Å²) in [6, 6.07) is 6.44. The number of hydrogen-bond donors (Lipinski definition) is 0. The average molecular weight is 341 g/mol. The van der Waals surface area contributed by atoms with Gasteiger partial charge >= 0.3 is 0 Å². The van der Waals surface area contributed by atoms with E-state index in [0.29, 0.717) is 25.1 Å². The van der Waals surface area contributed by atoms with Crippen LogP contribution in [-0.4, -0.2) is 58.7 Å². The van der Waals surface area contributed by atoms with Gasteiger partial charge in [-0.25, -0.2) is 15.0 Å². The first-order valence-electron chi connectivity index (χ1n) is 8.76. The standard InChI is InChI=1S/C18H23N5O2/c1-13-12-22(18-19-6-3-7-20-18)8-9-23(13)14(2)15-4-5-16-17(21-15)25-11-10-24-16/h3-7,13-14H,8-12H2,1-2H3/t13-,14-/m1/s1. The summed E-state index contributed by atoms with van der Waals surface area (Å²) in [4.78, 5) is 18.1. The number of rotatable bonds is 3. The van der Waals surface area contributed by atoms with Gasteiger partial charge in [-0.15, -0.1) is 0 Å². The monoisotopic (exact) mass is 341 g/mol. The van der Waals surface area contributed by atoms with E-state index >= 15 is 0 Å². The van der Waals surface area contributed by atoms with Crippen LogP contribution in [0.25, 0.3) is 0 Å². The molecule has 1 saturated heterocycles. The Bertz CT molecular complexity index is 727. The molecule has 2 aromatic heterocycles. The summed E-state index contributed by atoms with van der Waals surface area (Å²) < 4.78 is 11.2. The van der Waals surface area contributed by atoms with Gasteiger partial charge in [-0.05, 0) is 32.0 Å². The van der Waals surface area contributed by atoms with Gasteiger partial charge in [0.15, 0.2) is 5.75 Å². The second kappa shape index (κ2) is 6.84. The lowest BCUT2D eigenvalue weighted by atomic mass is 10.1. The van der Waals surface area contributed by atoms with Gasteiger partial charge in [0.25, 0.3) is 5.88 Å². The van der Waals surface area contributed by atoms with E-state index in [-0.39, 0.29) is 6.04 Å². The molecule has 1 fully saturated rings. The number of aromatic nitrogens is 3. The van der Waals surface area contributed by atoms with Crippen LogP contribution < -0.4 is 14.4 Å². The van der Waals surface area contributed by atoms with Gasteiger partial charge in [-0.2, -0.15) is 0 Å². The fraction of sp³-hybridized carbons (Fsp3) is 0.500. The predicted octanol–water partition coefficient (Wildman–Crippen LogP) is 1.91. The van der Waals surface area contributed by atoms with Crippen molar-refractivity contribution in [3.05, 3.63) is 36.3 Å². The lowest BCUT2D eigenvalue weighted by Gasteiger charge is -2.42. The van der Waals surface area contributed by atoms with Gasteiger partial charge in [0.05, 0.1) is 5.69 Å². The summed E-state index contributed by atoms with van der Waals surface area (Å²) in [6.45, 7) is 8.33. The minimum absolute atomic E-state index is 0.213. The molecule has 7 nitrogen and oxygen atoms in total. The number of ether oxygens (including phenoxy) is 2. The fourth-order valence-corrected chi connectivity index (χ4v) is 3.53. The highest BCUT2D eigenvalue weighted by Crippen LogP contribution is 2.32. The van der Waals surface area contributed by atoms with Crippen molar-refractivity contribution >= 4 is 5.95 Å². The van der Waals surface area contributed by atoms with Crippen molar-refractivity contribution in [3.63, 3.8) is 0 Å². The van der Waals surface area contributed by atoms with Crippen molar-refractivity contribution < 1.29 is 9.47 Å². The first-order valence-corrected chi connectivity index (χ1v) is 8.76. The Morgan fingerprint density at radius 1 is 1.12 bits per heavy atom. The summed E-state index contributed by atoms with van der Waals surface area (Å²) in [7, 11) is 0. The normalized spacial score (nSPS) is 21.8. The molecule has 4 rings (SSSR count). The van der Waals surface area contributed by atoms with Crippen LogP contribution in [0.3, 0.4) is 0 Å². The van der Waals surface area contributed by atoms with Gasteiger partial charge in [0, 0.05) is 44.1 Å². The Morgan fingerprint density at radius 2 is 1.92 bits per heavy atom. The molecule has 2 aromatic rings. The zero-order valence-corrected chi connectivity index (χ0v) is 14.6. The van der Waals surface area contributed by atoms with Gasteiger partial charge in [0.2, 0.25) is 5.95 Å². The molecule has 2 atom stereocenters. The molecule has 0 aliphatic carbocycles. The molecule has 0 amide bonds. The highest BCUT2D eigenvalue weighted by atomic mass is 16.6. The molecule has 0 saturated carbocycles. The van der Waals surface area contributed by atoms with E-state index in [1.165, 1.54) is 0 Å². The van der Waals surface area contributed by atoms with Crippen molar-refractivity contribution in [2.75, 3.05) is 37.7 Å². The summed E-state index contributed by atoms with van der Waals surface area (Å²) in [5, 5.41) is 0. The lowest BCUT2D eigenvalue weighted by molar-refractivity contribution is 0.131. The fourth-order valence-electron chi connectivity index (χ4n) is 3.53. The Labute approximate surface area is 147 Å². The van der Waals surface area contributed by atoms with Crippen molar-refractivity contribution in [1.29, 1.82) is 0 Å². The van der Waals surface area contributed by atoms with Crippen LogP contribution >= 0.6 is 0 Å². The molecule has 132 valence electrons. The van der Waals surface area contributed by atoms with E-state index < -0.39 is 0 Å². The smallest absolute Gasteiger partial charge is 0.257 e. The molecule has 4 heterocycles. The maximum Gasteiger partial charge on any atom is 0.257 e. The second-order valence-electron chi connectivity index (χ2n) is 6.49. The van der Waals surface area contributed by atoms with E-state index in [9.17, 15) is 0 Å². The quantitative estimate of drug-likeness (QED) is 0.845. The SMILES string of the molecule is C[C@@H]1CN(c2ncccn2)CCN1[C@H](C)c1ccc2c(n1)OCCO2. The predicted molar refractivity (Wildman–Crippen MR) is 94.1 cm³/mol. The minimum atomic E-state index is 0.213. The molecule has 25 heavy (non-hydrogen) atoms. The van der Waals surface area contributed by atoms with E-state index in [4.69, 9.17) is 9.47 Å². The minimum Gasteiger partial charge on any atom is -0.484 e. The number of anilines is 1. The van der Waals surface area contributed by atoms with Crippen molar-refractivity contribution in [2.24, 2.45) is 0 Å². The largest absolute Gasteiger partial charge is 0.484 e. The average Bonchev–Trinajstić information content (AvgIpc) is 2.67. The number of hydrogen-bond acceptors (Lipinski definition) is 7. The van der Waals surface area contributed by atoms with Crippen LogP contribution in [0.4, 0.5) is 5.95 Å². The molecule has 7 heteroatoms. The van der Waals surface area contributed by atoms with E-state index in [0.717, 1.165) is 37.0 Å². The van der Waals surface area contributed by atoms with E-state index in [1.807, 2.05) is 18.2 Å². The molecule has 0 radical (unpaired) electrons. The van der Waals surface area contributed by atoms with Crippen LogP contribution in [0, 0.1) is 0 Å². The van der Waals surface area contributed by atoms with E-state index in [2.05, 4.69) is 38.6 Å².